The summed E-state index contributed by atoms with van der Waals surface area (Å²) in [5.74, 6) is -1.23. The minimum Gasteiger partial charge on any atom is -0.511 e. The van der Waals surface area contributed by atoms with Crippen LogP contribution < -0.4 is 15.4 Å². The molecule has 1 spiro atoms. The molecular formula is C37H40N2O10S2. The third-order valence-corrected chi connectivity index (χ3v) is 12.5. The first kappa shape index (κ1) is 35.8. The summed E-state index contributed by atoms with van der Waals surface area (Å²) in [4.78, 5) is 29.4. The second-order valence-corrected chi connectivity index (χ2v) is 15.9. The molecule has 8 N–H and O–H groups in total. The summed E-state index contributed by atoms with van der Waals surface area (Å²) in [6, 6.07) is 11.8. The lowest BCUT2D eigenvalue weighted by atomic mass is 9.60. The number of fused-ring (bicyclic) bond motifs is 3. The number of hydrogen-bond acceptors (Lipinski definition) is 14. The lowest BCUT2D eigenvalue weighted by Gasteiger charge is -2.48. The van der Waals surface area contributed by atoms with Gasteiger partial charge in [0, 0.05) is 17.9 Å². The molecule has 2 aliphatic carbocycles. The van der Waals surface area contributed by atoms with E-state index >= 15 is 0 Å². The molecule has 1 saturated heterocycles. The quantitative estimate of drug-likeness (QED) is 0.213. The normalized spacial score (nSPS) is 32.3. The zero-order chi connectivity index (χ0) is 35.9. The van der Waals surface area contributed by atoms with Gasteiger partial charge in [-0.25, -0.2) is 0 Å². The lowest BCUT2D eigenvalue weighted by molar-refractivity contribution is -0.315. The average Bonchev–Trinajstić information content (AvgIpc) is 3.13. The Labute approximate surface area is 302 Å². The van der Waals surface area contributed by atoms with Crippen LogP contribution in [0.4, 0.5) is 0 Å². The Balaban J connectivity index is 1.31. The molecular weight excluding hydrogens is 697 g/mol. The molecule has 3 aliphatic heterocycles. The van der Waals surface area contributed by atoms with Gasteiger partial charge >= 0.3 is 0 Å². The van der Waals surface area contributed by atoms with Crippen molar-refractivity contribution >= 4 is 33.2 Å². The lowest BCUT2D eigenvalue weighted by Crippen LogP contribution is -2.68. The molecule has 14 heteroatoms. The van der Waals surface area contributed by atoms with Crippen molar-refractivity contribution in [2.75, 3.05) is 24.8 Å². The largest absolute Gasteiger partial charge is 0.511 e. The van der Waals surface area contributed by atoms with E-state index in [0.717, 1.165) is 16.7 Å². The molecule has 2 aromatic rings. The first-order chi connectivity index (χ1) is 24.6. The highest BCUT2D eigenvalue weighted by molar-refractivity contribution is 8.76. The van der Waals surface area contributed by atoms with Crippen LogP contribution in [-0.2, 0) is 17.8 Å². The van der Waals surface area contributed by atoms with Crippen LogP contribution in [0, 0.1) is 11.3 Å². The minimum absolute atomic E-state index is 0.0349. The predicted octanol–water partition coefficient (Wildman–Crippen LogP) is 2.43. The fourth-order valence-corrected chi connectivity index (χ4v) is 9.77. The number of nitrogens with one attached hydrogen (secondary N) is 2. The van der Waals surface area contributed by atoms with E-state index < -0.39 is 59.7 Å². The number of benzene rings is 2. The van der Waals surface area contributed by atoms with Gasteiger partial charge in [0.05, 0.1) is 36.4 Å². The van der Waals surface area contributed by atoms with Gasteiger partial charge in [-0.1, -0.05) is 70.1 Å². The molecule has 0 radical (unpaired) electrons. The van der Waals surface area contributed by atoms with Crippen LogP contribution in [0.25, 0.3) is 0 Å². The Bertz CT molecular complexity index is 1840. The van der Waals surface area contributed by atoms with Gasteiger partial charge in [0.25, 0.3) is 0 Å². The summed E-state index contributed by atoms with van der Waals surface area (Å²) in [7, 11) is 2.76. The number of dihydropyridines is 1. The second-order valence-electron chi connectivity index (χ2n) is 13.4. The molecule has 12 nitrogen and oxygen atoms in total. The third-order valence-electron chi connectivity index (χ3n) is 10.3. The predicted molar refractivity (Wildman–Crippen MR) is 191 cm³/mol. The van der Waals surface area contributed by atoms with Gasteiger partial charge in [-0.15, -0.1) is 0 Å². The zero-order valence-electron chi connectivity index (χ0n) is 27.5. The van der Waals surface area contributed by atoms with Crippen molar-refractivity contribution in [1.82, 2.24) is 10.6 Å². The summed E-state index contributed by atoms with van der Waals surface area (Å²) in [5.41, 5.74) is -0.831. The highest BCUT2D eigenvalue weighted by Gasteiger charge is 2.59. The van der Waals surface area contributed by atoms with Crippen molar-refractivity contribution in [1.29, 1.82) is 0 Å². The standard InChI is InChI=1S/C37H40N2O10S2/c40-16-22-4-1-3-21(11-22)12-23-13-25-31(43)24-5-2-6-26-30(24)33(45)36(25,28(42)14-23)18-50-51-19-39-29-15-20(8-10-38-29)7-9-37(47)32(44)27(17-41)49-35(48-26)34(37)46/h1-6,8,11,13-15,25,27,32,34-35,38-42,44,46-47H,7,9-10,12,16-19H2/t25-,27-,32-,34+,35-,36+,37+/m1/s1. The maximum Gasteiger partial charge on any atom is 0.229 e. The molecule has 5 aliphatic rings. The van der Waals surface area contributed by atoms with Crippen molar-refractivity contribution in [2.24, 2.45) is 11.3 Å². The number of aliphatic hydroxyl groups excluding tert-OH is 5. The molecule has 2 aromatic carbocycles. The topological polar surface area (TPSA) is 198 Å². The summed E-state index contributed by atoms with van der Waals surface area (Å²) in [6.07, 6.45) is 1.11. The van der Waals surface area contributed by atoms with Gasteiger partial charge in [-0.05, 0) is 59.8 Å². The molecule has 0 saturated carbocycles. The maximum atomic E-state index is 14.9. The van der Waals surface area contributed by atoms with Crippen LogP contribution in [0.2, 0.25) is 0 Å². The number of aliphatic hydroxyl groups is 6. The van der Waals surface area contributed by atoms with E-state index in [2.05, 4.69) is 10.6 Å². The fraction of sp³-hybridized carbons (Fsp3) is 0.405. The van der Waals surface area contributed by atoms with E-state index in [1.54, 1.807) is 12.1 Å². The van der Waals surface area contributed by atoms with Crippen LogP contribution >= 0.6 is 21.6 Å². The SMILES string of the molecule is O=C1c2cccc3c2C(=O)[C@]2(CSSCNC4=CC(=CCN4)CC[C@]4(O)[C@H](O)[C@@H](CO)O[C@@H](O3)[C@@H]4O)C(O)=CC(Cc3cccc(CO)c3)=C[C@H]12. The summed E-state index contributed by atoms with van der Waals surface area (Å²) in [6.45, 7) is -0.327. The molecule has 7 atom stereocenters. The van der Waals surface area contributed by atoms with Crippen molar-refractivity contribution < 1.29 is 49.7 Å². The van der Waals surface area contributed by atoms with Crippen molar-refractivity contribution in [2.45, 2.75) is 56.1 Å². The minimum atomic E-state index is -2.18. The Kier molecular flexibility index (Phi) is 10.1. The van der Waals surface area contributed by atoms with Crippen LogP contribution in [0.5, 0.6) is 5.75 Å². The highest BCUT2D eigenvalue weighted by Crippen LogP contribution is 2.53. The van der Waals surface area contributed by atoms with Gasteiger partial charge in [0.1, 0.15) is 40.8 Å². The van der Waals surface area contributed by atoms with E-state index in [-0.39, 0.29) is 47.8 Å². The monoisotopic (exact) mass is 736 g/mol. The van der Waals surface area contributed by atoms with Crippen molar-refractivity contribution in [3.8, 4) is 5.75 Å². The Hall–Kier alpha value is -3.60. The number of carbonyl (C=O) groups is 2. The maximum absolute atomic E-state index is 14.9. The first-order valence-corrected chi connectivity index (χ1v) is 19.2. The Morgan fingerprint density at radius 2 is 1.78 bits per heavy atom. The van der Waals surface area contributed by atoms with Crippen LogP contribution in [0.15, 0.2) is 89.5 Å². The van der Waals surface area contributed by atoms with Crippen molar-refractivity contribution in [3.63, 3.8) is 0 Å². The highest BCUT2D eigenvalue weighted by atomic mass is 33.1. The molecule has 6 bridgehead atoms. The number of allylic oxidation sites excluding steroid dienone is 6. The van der Waals surface area contributed by atoms with Crippen LogP contribution in [0.1, 0.15) is 44.7 Å². The van der Waals surface area contributed by atoms with Crippen molar-refractivity contribution in [3.05, 3.63) is 112 Å². The van der Waals surface area contributed by atoms with E-state index in [9.17, 15) is 40.2 Å². The second kappa shape index (κ2) is 14.4. The first-order valence-electron chi connectivity index (χ1n) is 16.8. The smallest absolute Gasteiger partial charge is 0.229 e. The number of carbonyl (C=O) groups excluding carboxylic acids is 2. The number of ether oxygens (including phenoxy) is 2. The zero-order valence-corrected chi connectivity index (χ0v) is 29.2. The molecule has 3 heterocycles. The average molecular weight is 737 g/mol. The van der Waals surface area contributed by atoms with E-state index in [1.807, 2.05) is 30.4 Å². The molecule has 0 aromatic heterocycles. The molecule has 0 amide bonds. The Morgan fingerprint density at radius 3 is 2.59 bits per heavy atom. The van der Waals surface area contributed by atoms with E-state index in [4.69, 9.17) is 9.47 Å². The molecule has 1 fully saturated rings. The molecule has 0 unspecified atom stereocenters. The fourth-order valence-electron chi connectivity index (χ4n) is 7.51. The van der Waals surface area contributed by atoms with Gasteiger partial charge in [-0.2, -0.15) is 0 Å². The number of ketones is 2. The van der Waals surface area contributed by atoms with Gasteiger partial charge in [0.2, 0.25) is 6.29 Å². The van der Waals surface area contributed by atoms with Crippen LogP contribution in [0.3, 0.4) is 0 Å². The number of hydrogen-bond donors (Lipinski definition) is 8. The molecule has 7 rings (SSSR count). The van der Waals surface area contributed by atoms with E-state index in [1.165, 1.54) is 45.9 Å². The number of rotatable bonds is 4. The summed E-state index contributed by atoms with van der Waals surface area (Å²) >= 11 is 0. The van der Waals surface area contributed by atoms with Gasteiger partial charge < -0.3 is 50.7 Å². The summed E-state index contributed by atoms with van der Waals surface area (Å²) < 4.78 is 11.9. The summed E-state index contributed by atoms with van der Waals surface area (Å²) in [5, 5.41) is 72.5. The van der Waals surface area contributed by atoms with Gasteiger partial charge in [-0.3, -0.25) is 9.59 Å². The molecule has 51 heavy (non-hydrogen) atoms. The Morgan fingerprint density at radius 1 is 0.980 bits per heavy atom. The van der Waals surface area contributed by atoms with E-state index in [0.29, 0.717) is 30.2 Å². The third kappa shape index (κ3) is 6.42. The molecule has 270 valence electrons. The van der Waals surface area contributed by atoms with Gasteiger partial charge in [0.15, 0.2) is 11.6 Å². The van der Waals surface area contributed by atoms with Crippen LogP contribution in [-0.4, -0.2) is 97.2 Å². The number of Topliss-reactive ketones (excluding diaryl/α,β-unsaturated/α-hetero) is 2.